The fraction of sp³-hybridized carbons (Fsp3) is 0.650. The number of carbonyl (C=O) groups is 1. The minimum absolute atomic E-state index is 0.0139. The average Bonchev–Trinajstić information content (AvgIpc) is 2.67. The molecule has 0 aromatic heterocycles. The van der Waals surface area contributed by atoms with Crippen LogP contribution in [0.3, 0.4) is 0 Å². The Morgan fingerprint density at radius 3 is 2.48 bits per heavy atom. The fourth-order valence-electron chi connectivity index (χ4n) is 4.27. The summed E-state index contributed by atoms with van der Waals surface area (Å²) in [6.07, 6.45) is 6.92. The van der Waals surface area contributed by atoms with Crippen molar-refractivity contribution >= 4 is 15.7 Å². The van der Waals surface area contributed by atoms with Gasteiger partial charge in [-0.3, -0.25) is 9.69 Å². The molecule has 2 aliphatic rings. The molecule has 1 amide bonds. The molecule has 7 heteroatoms. The van der Waals surface area contributed by atoms with Crippen LogP contribution in [-0.2, 0) is 14.6 Å². The molecule has 0 spiro atoms. The van der Waals surface area contributed by atoms with Crippen LogP contribution in [0.1, 0.15) is 48.0 Å². The Morgan fingerprint density at radius 2 is 1.85 bits per heavy atom. The highest BCUT2D eigenvalue weighted by Gasteiger charge is 2.38. The molecule has 1 heterocycles. The quantitative estimate of drug-likeness (QED) is 0.828. The lowest BCUT2D eigenvalue weighted by molar-refractivity contribution is -0.0361. The second-order valence-electron chi connectivity index (χ2n) is 7.82. The van der Waals surface area contributed by atoms with Gasteiger partial charge in [-0.1, -0.05) is 25.3 Å². The number of carbonyl (C=O) groups excluding carboxylic acids is 1. The maximum atomic E-state index is 12.9. The van der Waals surface area contributed by atoms with Crippen molar-refractivity contribution in [2.24, 2.45) is 0 Å². The van der Waals surface area contributed by atoms with Gasteiger partial charge in [0.25, 0.3) is 5.91 Å². The van der Waals surface area contributed by atoms with Gasteiger partial charge in [-0.15, -0.1) is 0 Å². The highest BCUT2D eigenvalue weighted by Crippen LogP contribution is 2.34. The summed E-state index contributed by atoms with van der Waals surface area (Å²) < 4.78 is 29.2. The standard InChI is InChI=1S/C20H30N2O4S/c1-16-6-7-17(27(2,24)25)14-18(16)19(23)21-15-20(8-4-3-5-9-20)22-10-12-26-13-11-22/h6-7,14H,3-5,8-13,15H2,1-2H3,(H,21,23). The molecular weight excluding hydrogens is 364 g/mol. The third-order valence-corrected chi connectivity index (χ3v) is 7.04. The van der Waals surface area contributed by atoms with Gasteiger partial charge in [-0.25, -0.2) is 8.42 Å². The van der Waals surface area contributed by atoms with Gasteiger partial charge in [-0.05, 0) is 37.5 Å². The summed E-state index contributed by atoms with van der Waals surface area (Å²) in [6, 6.07) is 4.74. The summed E-state index contributed by atoms with van der Waals surface area (Å²) >= 11 is 0. The van der Waals surface area contributed by atoms with Crippen LogP contribution in [0, 0.1) is 6.92 Å². The van der Waals surface area contributed by atoms with Crippen LogP contribution in [0.2, 0.25) is 0 Å². The van der Waals surface area contributed by atoms with E-state index in [9.17, 15) is 13.2 Å². The van der Waals surface area contributed by atoms with E-state index in [1.807, 2.05) is 6.92 Å². The number of benzene rings is 1. The molecule has 6 nitrogen and oxygen atoms in total. The smallest absolute Gasteiger partial charge is 0.251 e. The van der Waals surface area contributed by atoms with E-state index in [4.69, 9.17) is 4.74 Å². The molecule has 150 valence electrons. The summed E-state index contributed by atoms with van der Waals surface area (Å²) in [4.78, 5) is 15.5. The molecule has 1 aliphatic heterocycles. The number of rotatable bonds is 5. The Bertz CT molecular complexity index is 779. The molecule has 1 saturated heterocycles. The molecule has 1 saturated carbocycles. The van der Waals surface area contributed by atoms with E-state index < -0.39 is 9.84 Å². The number of hydrogen-bond donors (Lipinski definition) is 1. The van der Waals surface area contributed by atoms with E-state index in [1.54, 1.807) is 12.1 Å². The van der Waals surface area contributed by atoms with Gasteiger partial charge < -0.3 is 10.1 Å². The summed E-state index contributed by atoms with van der Waals surface area (Å²) in [7, 11) is -3.34. The predicted octanol–water partition coefficient (Wildman–Crippen LogP) is 2.16. The van der Waals surface area contributed by atoms with Crippen molar-refractivity contribution < 1.29 is 17.9 Å². The van der Waals surface area contributed by atoms with Crippen molar-refractivity contribution in [3.05, 3.63) is 29.3 Å². The lowest BCUT2D eigenvalue weighted by Crippen LogP contribution is -2.59. The Morgan fingerprint density at radius 1 is 1.19 bits per heavy atom. The fourth-order valence-corrected chi connectivity index (χ4v) is 4.92. The Labute approximate surface area is 162 Å². The number of hydrogen-bond acceptors (Lipinski definition) is 5. The van der Waals surface area contributed by atoms with E-state index in [0.717, 1.165) is 51.0 Å². The van der Waals surface area contributed by atoms with Gasteiger partial charge in [-0.2, -0.15) is 0 Å². The van der Waals surface area contributed by atoms with E-state index in [1.165, 1.54) is 25.3 Å². The Balaban J connectivity index is 1.76. The number of nitrogens with zero attached hydrogens (tertiary/aromatic N) is 1. The number of amides is 1. The van der Waals surface area contributed by atoms with Crippen LogP contribution in [0.25, 0.3) is 0 Å². The lowest BCUT2D eigenvalue weighted by Gasteiger charge is -2.48. The first-order chi connectivity index (χ1) is 12.8. The first kappa shape index (κ1) is 20.3. The highest BCUT2D eigenvalue weighted by atomic mass is 32.2. The highest BCUT2D eigenvalue weighted by molar-refractivity contribution is 7.90. The van der Waals surface area contributed by atoms with Crippen LogP contribution in [0.4, 0.5) is 0 Å². The number of sulfone groups is 1. The molecule has 0 bridgehead atoms. The third kappa shape index (κ3) is 4.70. The van der Waals surface area contributed by atoms with E-state index in [2.05, 4.69) is 10.2 Å². The number of morpholine rings is 1. The molecule has 3 rings (SSSR count). The van der Waals surface area contributed by atoms with Crippen molar-refractivity contribution in [2.45, 2.75) is 49.5 Å². The minimum atomic E-state index is -3.34. The van der Waals surface area contributed by atoms with Gasteiger partial charge in [0.05, 0.1) is 18.1 Å². The van der Waals surface area contributed by atoms with E-state index >= 15 is 0 Å². The van der Waals surface area contributed by atoms with Crippen LogP contribution < -0.4 is 5.32 Å². The lowest BCUT2D eigenvalue weighted by atomic mass is 9.79. The molecule has 0 atom stereocenters. The Hall–Kier alpha value is -1.44. The van der Waals surface area contributed by atoms with Crippen LogP contribution in [0.15, 0.2) is 23.1 Å². The zero-order valence-corrected chi connectivity index (χ0v) is 17.1. The predicted molar refractivity (Wildman–Crippen MR) is 105 cm³/mol. The maximum absolute atomic E-state index is 12.9. The molecular formula is C20H30N2O4S. The van der Waals surface area contributed by atoms with Crippen molar-refractivity contribution in [2.75, 3.05) is 39.1 Å². The first-order valence-electron chi connectivity index (χ1n) is 9.74. The normalized spacial score (nSPS) is 21.0. The molecule has 1 aromatic rings. The largest absolute Gasteiger partial charge is 0.379 e. The molecule has 2 fully saturated rings. The van der Waals surface area contributed by atoms with E-state index in [-0.39, 0.29) is 16.3 Å². The van der Waals surface area contributed by atoms with E-state index in [0.29, 0.717) is 12.1 Å². The monoisotopic (exact) mass is 394 g/mol. The van der Waals surface area contributed by atoms with Crippen molar-refractivity contribution in [1.29, 1.82) is 0 Å². The van der Waals surface area contributed by atoms with Gasteiger partial charge in [0, 0.05) is 37.0 Å². The SMILES string of the molecule is Cc1ccc(S(C)(=O)=O)cc1C(=O)NCC1(N2CCOCC2)CCCCC1. The zero-order chi connectivity index (χ0) is 19.5. The second-order valence-corrected chi connectivity index (χ2v) is 9.83. The van der Waals surface area contributed by atoms with Crippen LogP contribution >= 0.6 is 0 Å². The number of nitrogens with one attached hydrogen (secondary N) is 1. The van der Waals surface area contributed by atoms with Crippen molar-refractivity contribution in [1.82, 2.24) is 10.2 Å². The molecule has 0 unspecified atom stereocenters. The van der Waals surface area contributed by atoms with Gasteiger partial charge >= 0.3 is 0 Å². The maximum Gasteiger partial charge on any atom is 0.251 e. The molecule has 1 aromatic carbocycles. The Kier molecular flexibility index (Phi) is 6.23. The third-order valence-electron chi connectivity index (χ3n) is 5.93. The van der Waals surface area contributed by atoms with Crippen LogP contribution in [0.5, 0.6) is 0 Å². The second kappa shape index (κ2) is 8.29. The number of aryl methyl sites for hydroxylation is 1. The van der Waals surface area contributed by atoms with Gasteiger partial charge in [0.1, 0.15) is 0 Å². The van der Waals surface area contributed by atoms with Crippen molar-refractivity contribution in [3.63, 3.8) is 0 Å². The summed E-state index contributed by atoms with van der Waals surface area (Å²) in [5.41, 5.74) is 1.20. The summed E-state index contributed by atoms with van der Waals surface area (Å²) in [6.45, 7) is 5.71. The molecule has 0 radical (unpaired) electrons. The molecule has 1 aliphatic carbocycles. The number of ether oxygens (including phenoxy) is 1. The van der Waals surface area contributed by atoms with Gasteiger partial charge in [0.15, 0.2) is 9.84 Å². The topological polar surface area (TPSA) is 75.7 Å². The van der Waals surface area contributed by atoms with Crippen molar-refractivity contribution in [3.8, 4) is 0 Å². The first-order valence-corrected chi connectivity index (χ1v) is 11.6. The minimum Gasteiger partial charge on any atom is -0.379 e. The zero-order valence-electron chi connectivity index (χ0n) is 16.3. The summed E-state index contributed by atoms with van der Waals surface area (Å²) in [5.74, 6) is -0.198. The molecule has 1 N–H and O–H groups in total. The average molecular weight is 395 g/mol. The van der Waals surface area contributed by atoms with Crippen LogP contribution in [-0.4, -0.2) is 63.9 Å². The molecule has 27 heavy (non-hydrogen) atoms. The summed E-state index contributed by atoms with van der Waals surface area (Å²) in [5, 5.41) is 3.11. The van der Waals surface area contributed by atoms with Gasteiger partial charge in [0.2, 0.25) is 0 Å².